The van der Waals surface area contributed by atoms with Gasteiger partial charge in [-0.05, 0) is 50.3 Å². The Balaban J connectivity index is 1.50. The van der Waals surface area contributed by atoms with Crippen LogP contribution in [-0.2, 0) is 20.9 Å². The summed E-state index contributed by atoms with van der Waals surface area (Å²) in [7, 11) is 1.78. The number of carbonyl (C=O) groups excluding carboxylic acids is 2. The second kappa shape index (κ2) is 10.3. The Morgan fingerprint density at radius 1 is 1.17 bits per heavy atom. The highest BCUT2D eigenvalue weighted by Gasteiger charge is 2.27. The van der Waals surface area contributed by atoms with Crippen LogP contribution in [0.25, 0.3) is 0 Å². The number of nitrogens with zero attached hydrogens (tertiary/aromatic N) is 3. The molecular formula is C22H32N4O3. The average molecular weight is 401 g/mol. The largest absolute Gasteiger partial charge is 0.466 e. The molecule has 0 bridgehead atoms. The normalized spacial score (nSPS) is 18.7. The number of rotatable bonds is 5. The zero-order valence-electron chi connectivity index (χ0n) is 17.5. The van der Waals surface area contributed by atoms with Crippen molar-refractivity contribution in [3.8, 4) is 0 Å². The van der Waals surface area contributed by atoms with Gasteiger partial charge < -0.3 is 19.9 Å². The molecule has 0 aromatic heterocycles. The topological polar surface area (TPSA) is 74.2 Å². The Morgan fingerprint density at radius 3 is 2.52 bits per heavy atom. The molecule has 2 saturated heterocycles. The van der Waals surface area contributed by atoms with Gasteiger partial charge in [-0.3, -0.25) is 14.6 Å². The number of amides is 1. The predicted molar refractivity (Wildman–Crippen MR) is 114 cm³/mol. The molecule has 1 N–H and O–H groups in total. The van der Waals surface area contributed by atoms with Crippen molar-refractivity contribution in [1.82, 2.24) is 10.2 Å². The Labute approximate surface area is 173 Å². The number of carbonyl (C=O) groups is 2. The van der Waals surface area contributed by atoms with Gasteiger partial charge in [0, 0.05) is 45.3 Å². The molecule has 29 heavy (non-hydrogen) atoms. The first kappa shape index (κ1) is 21.1. The molecule has 1 amide bonds. The van der Waals surface area contributed by atoms with Crippen molar-refractivity contribution in [3.63, 3.8) is 0 Å². The SMILES string of the molecule is CCOC(=O)C1CCN(C(=NC)NCc2ccc(N3CCCCC3=O)cc2)CC1. The van der Waals surface area contributed by atoms with Crippen LogP contribution in [-0.4, -0.2) is 56.0 Å². The molecule has 0 atom stereocenters. The highest BCUT2D eigenvalue weighted by molar-refractivity contribution is 5.94. The van der Waals surface area contributed by atoms with E-state index in [1.54, 1.807) is 7.05 Å². The van der Waals surface area contributed by atoms with Gasteiger partial charge in [0.25, 0.3) is 0 Å². The summed E-state index contributed by atoms with van der Waals surface area (Å²) in [6, 6.07) is 8.16. The van der Waals surface area contributed by atoms with Crippen LogP contribution in [0.2, 0.25) is 0 Å². The van der Waals surface area contributed by atoms with Crippen LogP contribution in [0, 0.1) is 5.92 Å². The van der Waals surface area contributed by atoms with E-state index in [1.165, 1.54) is 0 Å². The number of guanidine groups is 1. The van der Waals surface area contributed by atoms with Crippen LogP contribution in [0.3, 0.4) is 0 Å². The lowest BCUT2D eigenvalue weighted by Gasteiger charge is -2.33. The standard InChI is InChI=1S/C22H32N4O3/c1-3-29-21(28)18-11-14-25(15-12-18)22(23-2)24-16-17-7-9-19(10-8-17)26-13-5-4-6-20(26)27/h7-10,18H,3-6,11-16H2,1-2H3,(H,23,24). The highest BCUT2D eigenvalue weighted by atomic mass is 16.5. The second-order valence-corrected chi connectivity index (χ2v) is 7.58. The molecule has 0 radical (unpaired) electrons. The van der Waals surface area contributed by atoms with Crippen molar-refractivity contribution in [2.75, 3.05) is 38.2 Å². The summed E-state index contributed by atoms with van der Waals surface area (Å²) in [6.07, 6.45) is 4.29. The van der Waals surface area contributed by atoms with Crippen molar-refractivity contribution < 1.29 is 14.3 Å². The number of esters is 1. The van der Waals surface area contributed by atoms with Crippen LogP contribution in [0.15, 0.2) is 29.3 Å². The van der Waals surface area contributed by atoms with Crippen LogP contribution in [0.5, 0.6) is 0 Å². The Kier molecular flexibility index (Phi) is 7.49. The van der Waals surface area contributed by atoms with E-state index in [0.717, 1.165) is 62.5 Å². The van der Waals surface area contributed by atoms with E-state index >= 15 is 0 Å². The zero-order chi connectivity index (χ0) is 20.6. The first-order valence-electron chi connectivity index (χ1n) is 10.6. The van der Waals surface area contributed by atoms with Gasteiger partial charge >= 0.3 is 5.97 Å². The molecule has 1 aromatic carbocycles. The lowest BCUT2D eigenvalue weighted by atomic mass is 9.97. The maximum atomic E-state index is 12.1. The highest BCUT2D eigenvalue weighted by Crippen LogP contribution is 2.22. The van der Waals surface area contributed by atoms with Gasteiger partial charge in [0.05, 0.1) is 12.5 Å². The Hall–Kier alpha value is -2.57. The Bertz CT molecular complexity index is 724. The summed E-state index contributed by atoms with van der Waals surface area (Å²) in [5, 5.41) is 3.41. The maximum absolute atomic E-state index is 12.1. The molecule has 0 unspecified atom stereocenters. The van der Waals surface area contributed by atoms with Crippen LogP contribution in [0.1, 0.15) is 44.6 Å². The number of nitrogens with one attached hydrogen (secondary N) is 1. The molecule has 0 saturated carbocycles. The van der Waals surface area contributed by atoms with Gasteiger partial charge in [0.2, 0.25) is 5.91 Å². The summed E-state index contributed by atoms with van der Waals surface area (Å²) < 4.78 is 5.14. The van der Waals surface area contributed by atoms with E-state index in [9.17, 15) is 9.59 Å². The molecular weight excluding hydrogens is 368 g/mol. The van der Waals surface area contributed by atoms with E-state index < -0.39 is 0 Å². The molecule has 0 aliphatic carbocycles. The fourth-order valence-electron chi connectivity index (χ4n) is 3.97. The molecule has 2 aliphatic rings. The molecule has 2 aliphatic heterocycles. The summed E-state index contributed by atoms with van der Waals surface area (Å²) in [5.41, 5.74) is 2.12. The quantitative estimate of drug-likeness (QED) is 0.467. The van der Waals surface area contributed by atoms with Gasteiger partial charge in [0.15, 0.2) is 5.96 Å². The lowest BCUT2D eigenvalue weighted by molar-refractivity contribution is -0.149. The van der Waals surface area contributed by atoms with E-state index in [4.69, 9.17) is 4.74 Å². The van der Waals surface area contributed by atoms with E-state index in [2.05, 4.69) is 27.3 Å². The number of benzene rings is 1. The minimum Gasteiger partial charge on any atom is -0.466 e. The zero-order valence-corrected chi connectivity index (χ0v) is 17.5. The van der Waals surface area contributed by atoms with E-state index in [-0.39, 0.29) is 17.8 Å². The number of anilines is 1. The predicted octanol–water partition coefficient (Wildman–Crippen LogP) is 2.55. The van der Waals surface area contributed by atoms with E-state index in [1.807, 2.05) is 24.0 Å². The number of hydrogen-bond acceptors (Lipinski definition) is 4. The molecule has 7 heteroatoms. The molecule has 2 fully saturated rings. The third-order valence-electron chi connectivity index (χ3n) is 5.65. The van der Waals surface area contributed by atoms with Crippen LogP contribution in [0.4, 0.5) is 5.69 Å². The van der Waals surface area contributed by atoms with Gasteiger partial charge in [-0.1, -0.05) is 12.1 Å². The van der Waals surface area contributed by atoms with Crippen molar-refractivity contribution in [2.24, 2.45) is 10.9 Å². The fourth-order valence-corrected chi connectivity index (χ4v) is 3.97. The van der Waals surface area contributed by atoms with Crippen LogP contribution < -0.4 is 10.2 Å². The minimum atomic E-state index is -0.0811. The molecule has 158 valence electrons. The fraction of sp³-hybridized carbons (Fsp3) is 0.591. The average Bonchev–Trinajstić information content (AvgIpc) is 2.76. The van der Waals surface area contributed by atoms with Crippen molar-refractivity contribution in [2.45, 2.75) is 45.6 Å². The number of ether oxygens (including phenoxy) is 1. The number of piperidine rings is 2. The number of aliphatic imine (C=N–C) groups is 1. The maximum Gasteiger partial charge on any atom is 0.309 e. The number of hydrogen-bond donors (Lipinski definition) is 1. The van der Waals surface area contributed by atoms with E-state index in [0.29, 0.717) is 19.6 Å². The van der Waals surface area contributed by atoms with Crippen molar-refractivity contribution in [1.29, 1.82) is 0 Å². The third kappa shape index (κ3) is 5.49. The summed E-state index contributed by atoms with van der Waals surface area (Å²) in [4.78, 5) is 32.4. The molecule has 1 aromatic rings. The van der Waals surface area contributed by atoms with Gasteiger partial charge in [0.1, 0.15) is 0 Å². The number of likely N-dealkylation sites (tertiary alicyclic amines) is 1. The second-order valence-electron chi connectivity index (χ2n) is 7.58. The summed E-state index contributed by atoms with van der Waals surface area (Å²) in [6.45, 7) is 5.34. The summed E-state index contributed by atoms with van der Waals surface area (Å²) in [5.74, 6) is 0.980. The smallest absolute Gasteiger partial charge is 0.309 e. The first-order chi connectivity index (χ1) is 14.1. The van der Waals surface area contributed by atoms with Crippen molar-refractivity contribution in [3.05, 3.63) is 29.8 Å². The van der Waals surface area contributed by atoms with Gasteiger partial charge in [-0.15, -0.1) is 0 Å². The minimum absolute atomic E-state index is 0.00523. The summed E-state index contributed by atoms with van der Waals surface area (Å²) >= 11 is 0. The lowest BCUT2D eigenvalue weighted by Crippen LogP contribution is -2.46. The molecule has 0 spiro atoms. The monoisotopic (exact) mass is 400 g/mol. The van der Waals surface area contributed by atoms with Gasteiger partial charge in [-0.2, -0.15) is 0 Å². The third-order valence-corrected chi connectivity index (χ3v) is 5.65. The molecule has 7 nitrogen and oxygen atoms in total. The molecule has 2 heterocycles. The first-order valence-corrected chi connectivity index (χ1v) is 10.6. The van der Waals surface area contributed by atoms with Crippen LogP contribution >= 0.6 is 0 Å². The van der Waals surface area contributed by atoms with Gasteiger partial charge in [-0.25, -0.2) is 0 Å². The molecule has 3 rings (SSSR count). The Morgan fingerprint density at radius 2 is 1.90 bits per heavy atom. The van der Waals surface area contributed by atoms with Crippen molar-refractivity contribution >= 4 is 23.5 Å².